The van der Waals surface area contributed by atoms with E-state index in [-0.39, 0.29) is 5.91 Å². The minimum atomic E-state index is 0.0712. The van der Waals surface area contributed by atoms with Gasteiger partial charge in [-0.3, -0.25) is 4.79 Å². The van der Waals surface area contributed by atoms with Crippen molar-refractivity contribution in [2.75, 3.05) is 13.1 Å². The Morgan fingerprint density at radius 1 is 1.38 bits per heavy atom. The highest BCUT2D eigenvalue weighted by Crippen LogP contribution is 2.10. The Labute approximate surface area is 110 Å². The maximum Gasteiger partial charge on any atom is 0.254 e. The lowest BCUT2D eigenvalue weighted by Crippen LogP contribution is -2.32. The number of halogens is 1. The Morgan fingerprint density at radius 3 is 2.38 bits per heavy atom. The number of rotatable bonds is 4. The minimum Gasteiger partial charge on any atom is -0.335 e. The molecule has 0 bridgehead atoms. The molecule has 0 aliphatic heterocycles. The third kappa shape index (κ3) is 3.63. The van der Waals surface area contributed by atoms with Crippen molar-refractivity contribution >= 4 is 28.5 Å². The van der Waals surface area contributed by atoms with Crippen molar-refractivity contribution in [3.8, 4) is 0 Å². The fourth-order valence-electron chi connectivity index (χ4n) is 1.43. The van der Waals surface area contributed by atoms with Gasteiger partial charge in [0.2, 0.25) is 0 Å². The quantitative estimate of drug-likeness (QED) is 0.613. The van der Waals surface area contributed by atoms with Crippen molar-refractivity contribution in [1.29, 1.82) is 0 Å². The molecular formula is C13H16INO. The topological polar surface area (TPSA) is 20.3 Å². The zero-order valence-electron chi connectivity index (χ0n) is 9.66. The Bertz CT molecular complexity index is 383. The largest absolute Gasteiger partial charge is 0.335 e. The molecule has 0 spiro atoms. The van der Waals surface area contributed by atoms with Crippen molar-refractivity contribution in [2.45, 2.75) is 13.8 Å². The molecule has 1 aromatic rings. The molecule has 0 aliphatic rings. The van der Waals surface area contributed by atoms with Gasteiger partial charge in [0.05, 0.1) is 0 Å². The van der Waals surface area contributed by atoms with Crippen LogP contribution in [0.1, 0.15) is 24.2 Å². The monoisotopic (exact) mass is 329 g/mol. The average molecular weight is 329 g/mol. The molecule has 3 heteroatoms. The van der Waals surface area contributed by atoms with E-state index in [1.165, 1.54) is 0 Å². The number of carbonyl (C=O) groups is 1. The van der Waals surface area contributed by atoms with Crippen molar-refractivity contribution in [3.63, 3.8) is 0 Å². The summed E-state index contributed by atoms with van der Waals surface area (Å²) in [5.74, 6) is 0.0712. The first-order chi connectivity index (χ1) is 7.54. The third-order valence-corrected chi connectivity index (χ3v) is 2.94. The van der Waals surface area contributed by atoms with Gasteiger partial charge in [-0.2, -0.15) is 0 Å². The van der Waals surface area contributed by atoms with Crippen LogP contribution < -0.4 is 0 Å². The van der Waals surface area contributed by atoms with Crippen LogP contribution in [0.3, 0.4) is 0 Å². The van der Waals surface area contributed by atoms with Crippen molar-refractivity contribution in [3.05, 3.63) is 45.6 Å². The Morgan fingerprint density at radius 2 is 1.94 bits per heavy atom. The van der Waals surface area contributed by atoms with Gasteiger partial charge in [0.25, 0.3) is 5.91 Å². The molecule has 1 aromatic carbocycles. The van der Waals surface area contributed by atoms with E-state index in [1.807, 2.05) is 38.1 Å². The Balaban J connectivity index is 2.82. The molecule has 0 unspecified atom stereocenters. The van der Waals surface area contributed by atoms with E-state index < -0.39 is 0 Å². The number of hydrogen-bond acceptors (Lipinski definition) is 1. The first-order valence-electron chi connectivity index (χ1n) is 5.23. The number of benzene rings is 1. The van der Waals surface area contributed by atoms with Crippen molar-refractivity contribution in [1.82, 2.24) is 4.90 Å². The summed E-state index contributed by atoms with van der Waals surface area (Å²) in [5.41, 5.74) is 1.74. The standard InChI is InChI=1S/C13H16INO/c1-4-15(9-10(2)3)13(16)11-5-7-12(14)8-6-11/h5-8H,2,4,9H2,1,3H3. The van der Waals surface area contributed by atoms with Crippen LogP contribution in [0.25, 0.3) is 0 Å². The highest BCUT2D eigenvalue weighted by atomic mass is 127. The Hall–Kier alpha value is -0.840. The van der Waals surface area contributed by atoms with Gasteiger partial charge >= 0.3 is 0 Å². The second kappa shape index (κ2) is 6.03. The summed E-state index contributed by atoms with van der Waals surface area (Å²) in [6, 6.07) is 7.63. The smallest absolute Gasteiger partial charge is 0.254 e. The van der Waals surface area contributed by atoms with Gasteiger partial charge in [0.1, 0.15) is 0 Å². The SMILES string of the molecule is C=C(C)CN(CC)C(=O)c1ccc(I)cc1. The Kier molecular flexibility index (Phi) is 4.99. The molecule has 86 valence electrons. The summed E-state index contributed by atoms with van der Waals surface area (Å²) in [4.78, 5) is 13.9. The van der Waals surface area contributed by atoms with Gasteiger partial charge in [0, 0.05) is 22.2 Å². The predicted octanol–water partition coefficient (Wildman–Crippen LogP) is 3.33. The van der Waals surface area contributed by atoms with Gasteiger partial charge < -0.3 is 4.90 Å². The van der Waals surface area contributed by atoms with Crippen LogP contribution in [0, 0.1) is 3.57 Å². The highest BCUT2D eigenvalue weighted by molar-refractivity contribution is 14.1. The molecule has 0 N–H and O–H groups in total. The number of hydrogen-bond donors (Lipinski definition) is 0. The molecule has 0 aliphatic carbocycles. The van der Waals surface area contributed by atoms with E-state index in [0.717, 1.165) is 14.7 Å². The molecule has 1 rings (SSSR count). The lowest BCUT2D eigenvalue weighted by Gasteiger charge is -2.21. The zero-order chi connectivity index (χ0) is 12.1. The fraction of sp³-hybridized carbons (Fsp3) is 0.308. The van der Waals surface area contributed by atoms with E-state index in [0.29, 0.717) is 13.1 Å². The van der Waals surface area contributed by atoms with Crippen LogP contribution in [0.15, 0.2) is 36.4 Å². The molecular weight excluding hydrogens is 313 g/mol. The van der Waals surface area contributed by atoms with Crippen LogP contribution in [-0.4, -0.2) is 23.9 Å². The summed E-state index contributed by atoms with van der Waals surface area (Å²) >= 11 is 2.23. The summed E-state index contributed by atoms with van der Waals surface area (Å²) in [7, 11) is 0. The predicted molar refractivity (Wildman–Crippen MR) is 75.6 cm³/mol. The van der Waals surface area contributed by atoms with Crippen LogP contribution in [-0.2, 0) is 0 Å². The number of amides is 1. The molecule has 0 heterocycles. The molecule has 0 atom stereocenters. The zero-order valence-corrected chi connectivity index (χ0v) is 11.8. The van der Waals surface area contributed by atoms with Crippen LogP contribution in [0.2, 0.25) is 0 Å². The van der Waals surface area contributed by atoms with Gasteiger partial charge in [-0.15, -0.1) is 0 Å². The minimum absolute atomic E-state index is 0.0712. The normalized spacial score (nSPS) is 9.94. The summed E-state index contributed by atoms with van der Waals surface area (Å²) in [5, 5.41) is 0. The second-order valence-corrected chi connectivity index (χ2v) is 5.03. The van der Waals surface area contributed by atoms with Crippen LogP contribution in [0.4, 0.5) is 0 Å². The summed E-state index contributed by atoms with van der Waals surface area (Å²) in [6.45, 7) is 9.08. The first-order valence-corrected chi connectivity index (χ1v) is 6.31. The number of carbonyl (C=O) groups excluding carboxylic acids is 1. The van der Waals surface area contributed by atoms with E-state index in [9.17, 15) is 4.79 Å². The lowest BCUT2D eigenvalue weighted by molar-refractivity contribution is 0.0778. The van der Waals surface area contributed by atoms with Crippen LogP contribution >= 0.6 is 22.6 Å². The molecule has 0 radical (unpaired) electrons. The van der Waals surface area contributed by atoms with E-state index in [2.05, 4.69) is 29.2 Å². The highest BCUT2D eigenvalue weighted by Gasteiger charge is 2.13. The first kappa shape index (κ1) is 13.2. The molecule has 0 aromatic heterocycles. The molecule has 0 saturated heterocycles. The lowest BCUT2D eigenvalue weighted by atomic mass is 10.2. The maximum absolute atomic E-state index is 12.1. The molecule has 2 nitrogen and oxygen atoms in total. The number of nitrogens with zero attached hydrogens (tertiary/aromatic N) is 1. The maximum atomic E-state index is 12.1. The van der Waals surface area contributed by atoms with Gasteiger partial charge in [-0.25, -0.2) is 0 Å². The molecule has 1 amide bonds. The van der Waals surface area contributed by atoms with E-state index >= 15 is 0 Å². The van der Waals surface area contributed by atoms with Crippen molar-refractivity contribution < 1.29 is 4.79 Å². The average Bonchev–Trinajstić information content (AvgIpc) is 2.25. The summed E-state index contributed by atoms with van der Waals surface area (Å²) < 4.78 is 1.14. The third-order valence-electron chi connectivity index (χ3n) is 2.22. The van der Waals surface area contributed by atoms with Crippen LogP contribution in [0.5, 0.6) is 0 Å². The second-order valence-electron chi connectivity index (χ2n) is 3.78. The van der Waals surface area contributed by atoms with Gasteiger partial charge in [-0.1, -0.05) is 12.2 Å². The van der Waals surface area contributed by atoms with Crippen molar-refractivity contribution in [2.24, 2.45) is 0 Å². The summed E-state index contributed by atoms with van der Waals surface area (Å²) in [6.07, 6.45) is 0. The molecule has 0 fully saturated rings. The fourth-order valence-corrected chi connectivity index (χ4v) is 1.79. The number of likely N-dealkylation sites (N-methyl/N-ethyl adjacent to an activating group) is 1. The van der Waals surface area contributed by atoms with Gasteiger partial charge in [-0.05, 0) is 60.7 Å². The van der Waals surface area contributed by atoms with Gasteiger partial charge in [0.15, 0.2) is 0 Å². The van der Waals surface area contributed by atoms with E-state index in [1.54, 1.807) is 4.90 Å². The van der Waals surface area contributed by atoms with E-state index in [4.69, 9.17) is 0 Å². The molecule has 16 heavy (non-hydrogen) atoms. The molecule has 0 saturated carbocycles.